The third-order valence-electron chi connectivity index (χ3n) is 1.51. The van der Waals surface area contributed by atoms with Gasteiger partial charge >= 0.3 is 0 Å². The highest BCUT2D eigenvalue weighted by Gasteiger charge is 2.08. The summed E-state index contributed by atoms with van der Waals surface area (Å²) in [6, 6.07) is 2.14. The second kappa shape index (κ2) is 4.73. The zero-order valence-corrected chi connectivity index (χ0v) is 7.58. The number of hydrogen-bond acceptors (Lipinski definition) is 4. The van der Waals surface area contributed by atoms with Crippen LogP contribution in [0.3, 0.4) is 0 Å². The van der Waals surface area contributed by atoms with Crippen LogP contribution in [0, 0.1) is 11.3 Å². The fourth-order valence-corrected chi connectivity index (χ4v) is 1.53. The van der Waals surface area contributed by atoms with Crippen LogP contribution in [-0.2, 0) is 0 Å². The molecule has 0 aliphatic carbocycles. The van der Waals surface area contributed by atoms with Gasteiger partial charge in [-0.25, -0.2) is 9.97 Å². The minimum absolute atomic E-state index is 0.205. The number of hydrogen-bond donors (Lipinski definition) is 0. The molecule has 0 N–H and O–H groups in total. The second-order valence-electron chi connectivity index (χ2n) is 2.26. The molecule has 0 spiro atoms. The molecule has 1 aromatic heterocycles. The maximum atomic E-state index is 8.52. The molecular weight excluding hydrogens is 170 g/mol. The van der Waals surface area contributed by atoms with Crippen molar-refractivity contribution in [1.29, 1.82) is 5.26 Å². The Labute approximate surface area is 75.8 Å². The van der Waals surface area contributed by atoms with Crippen molar-refractivity contribution >= 4 is 11.8 Å². The van der Waals surface area contributed by atoms with E-state index >= 15 is 0 Å². The van der Waals surface area contributed by atoms with Crippen molar-refractivity contribution in [2.24, 2.45) is 0 Å². The van der Waals surface area contributed by atoms with Gasteiger partial charge in [0, 0.05) is 23.2 Å². The smallest absolute Gasteiger partial charge is 0.115 e. The highest BCUT2D eigenvalue weighted by Crippen LogP contribution is 2.27. The summed E-state index contributed by atoms with van der Waals surface area (Å²) in [4.78, 5) is 7.80. The lowest BCUT2D eigenvalue weighted by atomic mass is 10.2. The van der Waals surface area contributed by atoms with Crippen molar-refractivity contribution in [1.82, 2.24) is 9.97 Å². The second-order valence-corrected chi connectivity index (χ2v) is 3.30. The molecule has 0 aliphatic heterocycles. The molecule has 0 saturated carbocycles. The molecule has 0 saturated heterocycles. The topological polar surface area (TPSA) is 49.6 Å². The van der Waals surface area contributed by atoms with Crippen LogP contribution in [0.1, 0.15) is 17.2 Å². The average molecular weight is 179 g/mol. The van der Waals surface area contributed by atoms with Gasteiger partial charge in [-0.05, 0) is 6.26 Å². The van der Waals surface area contributed by atoms with E-state index in [1.165, 1.54) is 6.33 Å². The van der Waals surface area contributed by atoms with E-state index in [9.17, 15) is 0 Å². The Kier molecular flexibility index (Phi) is 3.55. The molecule has 0 fully saturated rings. The molecule has 62 valence electrons. The predicted octanol–water partition coefficient (Wildman–Crippen LogP) is 1.79. The van der Waals surface area contributed by atoms with Gasteiger partial charge in [0.1, 0.15) is 6.33 Å². The van der Waals surface area contributed by atoms with Gasteiger partial charge in [-0.2, -0.15) is 17.0 Å². The highest BCUT2D eigenvalue weighted by atomic mass is 32.2. The molecular formula is C8H9N3S. The fraction of sp³-hybridized carbons (Fsp3) is 0.375. The molecule has 0 bridgehead atoms. The summed E-state index contributed by atoms with van der Waals surface area (Å²) < 4.78 is 0. The molecule has 1 aromatic rings. The molecule has 1 heterocycles. The maximum absolute atomic E-state index is 8.52. The van der Waals surface area contributed by atoms with Crippen LogP contribution in [0.2, 0.25) is 0 Å². The first kappa shape index (κ1) is 9.01. The minimum Gasteiger partial charge on any atom is -0.244 e. The number of nitrogens with zero attached hydrogens (tertiary/aromatic N) is 3. The average Bonchev–Trinajstić information content (AvgIpc) is 2.15. The van der Waals surface area contributed by atoms with Crippen molar-refractivity contribution in [3.63, 3.8) is 0 Å². The van der Waals surface area contributed by atoms with Crippen molar-refractivity contribution in [3.05, 3.63) is 24.3 Å². The molecule has 4 heteroatoms. The van der Waals surface area contributed by atoms with Gasteiger partial charge < -0.3 is 0 Å². The quantitative estimate of drug-likeness (QED) is 0.709. The van der Waals surface area contributed by atoms with Gasteiger partial charge in [0.25, 0.3) is 0 Å². The van der Waals surface area contributed by atoms with Crippen molar-refractivity contribution in [2.75, 3.05) is 6.26 Å². The maximum Gasteiger partial charge on any atom is 0.115 e. The first-order valence-corrected chi connectivity index (χ1v) is 4.82. The van der Waals surface area contributed by atoms with Gasteiger partial charge in [0.2, 0.25) is 0 Å². The molecule has 1 atom stereocenters. The zero-order chi connectivity index (χ0) is 8.81. The summed E-state index contributed by atoms with van der Waals surface area (Å²) >= 11 is 1.65. The van der Waals surface area contributed by atoms with Crippen LogP contribution in [-0.4, -0.2) is 16.2 Å². The van der Waals surface area contributed by atoms with Gasteiger partial charge in [-0.1, -0.05) is 0 Å². The van der Waals surface area contributed by atoms with Crippen LogP contribution < -0.4 is 0 Å². The third-order valence-corrected chi connectivity index (χ3v) is 2.52. The summed E-state index contributed by atoms with van der Waals surface area (Å²) in [5.41, 5.74) is 1.02. The van der Waals surface area contributed by atoms with E-state index in [-0.39, 0.29) is 5.25 Å². The van der Waals surface area contributed by atoms with Crippen molar-refractivity contribution in [2.45, 2.75) is 11.7 Å². The Morgan fingerprint density at radius 1 is 1.58 bits per heavy atom. The van der Waals surface area contributed by atoms with Crippen LogP contribution in [0.5, 0.6) is 0 Å². The SMILES string of the molecule is CSC(CC#N)c1cncnc1. The molecule has 12 heavy (non-hydrogen) atoms. The number of rotatable bonds is 3. The Morgan fingerprint density at radius 2 is 2.25 bits per heavy atom. The lowest BCUT2D eigenvalue weighted by Gasteiger charge is -2.08. The first-order valence-electron chi connectivity index (χ1n) is 3.53. The van der Waals surface area contributed by atoms with Crippen molar-refractivity contribution in [3.8, 4) is 6.07 Å². The van der Waals surface area contributed by atoms with E-state index in [1.807, 2.05) is 6.26 Å². The monoisotopic (exact) mass is 179 g/mol. The highest BCUT2D eigenvalue weighted by molar-refractivity contribution is 7.98. The molecule has 3 nitrogen and oxygen atoms in total. The van der Waals surface area contributed by atoms with Crippen LogP contribution in [0.25, 0.3) is 0 Å². The lowest BCUT2D eigenvalue weighted by Crippen LogP contribution is -1.93. The van der Waals surface area contributed by atoms with E-state index in [0.29, 0.717) is 6.42 Å². The van der Waals surface area contributed by atoms with Gasteiger partial charge in [0.05, 0.1) is 12.5 Å². The molecule has 0 amide bonds. The Hall–Kier alpha value is -1.08. The molecule has 1 rings (SSSR count). The van der Waals surface area contributed by atoms with Crippen LogP contribution in [0.4, 0.5) is 0 Å². The first-order chi connectivity index (χ1) is 5.88. The van der Waals surface area contributed by atoms with E-state index in [4.69, 9.17) is 5.26 Å². The minimum atomic E-state index is 0.205. The lowest BCUT2D eigenvalue weighted by molar-refractivity contribution is 0.948. The largest absolute Gasteiger partial charge is 0.244 e. The van der Waals surface area contributed by atoms with Gasteiger partial charge in [-0.15, -0.1) is 0 Å². The standard InChI is InChI=1S/C8H9N3S/c1-12-8(2-3-9)7-4-10-6-11-5-7/h4-6,8H,2H2,1H3. The fourth-order valence-electron chi connectivity index (χ4n) is 0.897. The summed E-state index contributed by atoms with van der Waals surface area (Å²) in [6.07, 6.45) is 7.49. The van der Waals surface area contributed by atoms with Crippen LogP contribution in [0.15, 0.2) is 18.7 Å². The molecule has 0 radical (unpaired) electrons. The number of nitriles is 1. The third kappa shape index (κ3) is 2.21. The summed E-state index contributed by atoms with van der Waals surface area (Å²) in [5, 5.41) is 8.73. The van der Waals surface area contributed by atoms with E-state index in [0.717, 1.165) is 5.56 Å². The number of aromatic nitrogens is 2. The summed E-state index contributed by atoms with van der Waals surface area (Å²) in [6.45, 7) is 0. The Morgan fingerprint density at radius 3 is 2.75 bits per heavy atom. The Bertz CT molecular complexity index is 267. The summed E-state index contributed by atoms with van der Waals surface area (Å²) in [7, 11) is 0. The van der Waals surface area contributed by atoms with Gasteiger partial charge in [0.15, 0.2) is 0 Å². The molecule has 0 aromatic carbocycles. The molecule has 0 aliphatic rings. The normalized spacial score (nSPS) is 12.0. The van der Waals surface area contributed by atoms with Gasteiger partial charge in [-0.3, -0.25) is 0 Å². The van der Waals surface area contributed by atoms with E-state index in [2.05, 4.69) is 16.0 Å². The number of thioether (sulfide) groups is 1. The van der Waals surface area contributed by atoms with E-state index in [1.54, 1.807) is 24.2 Å². The predicted molar refractivity (Wildman–Crippen MR) is 48.5 cm³/mol. The van der Waals surface area contributed by atoms with Crippen molar-refractivity contribution < 1.29 is 0 Å². The molecule has 1 unspecified atom stereocenters. The van der Waals surface area contributed by atoms with Crippen LogP contribution >= 0.6 is 11.8 Å². The van der Waals surface area contributed by atoms with E-state index < -0.39 is 0 Å². The Balaban J connectivity index is 2.75. The zero-order valence-electron chi connectivity index (χ0n) is 6.77. The summed E-state index contributed by atoms with van der Waals surface area (Å²) in [5.74, 6) is 0.